The second-order valence-electron chi connectivity index (χ2n) is 8.20. The highest BCUT2D eigenvalue weighted by Gasteiger charge is 2.41. The van der Waals surface area contributed by atoms with Crippen LogP contribution in [0.3, 0.4) is 0 Å². The Morgan fingerprint density at radius 1 is 1.19 bits per heavy atom. The van der Waals surface area contributed by atoms with Gasteiger partial charge in [0.25, 0.3) is 0 Å². The van der Waals surface area contributed by atoms with Crippen LogP contribution >= 0.6 is 0 Å². The van der Waals surface area contributed by atoms with Crippen LogP contribution in [0.2, 0.25) is 0 Å². The van der Waals surface area contributed by atoms with Gasteiger partial charge in [-0.1, -0.05) is 0 Å². The van der Waals surface area contributed by atoms with Crippen molar-refractivity contribution < 1.29 is 19.1 Å². The standard InChI is InChI=1S/C20H26FN3O3/c1-20(6-10-22(11-7-20)19(26)27)23-8-4-16(5-9-23)24-17-3-2-15(21)12-14(17)13-18(24)25/h2-3,12,16H,4-11,13H2,1H3,(H,26,27). The fourth-order valence-electron chi connectivity index (χ4n) is 4.87. The number of hydrogen-bond acceptors (Lipinski definition) is 3. The number of amides is 2. The van der Waals surface area contributed by atoms with Crippen LogP contribution in [0.4, 0.5) is 14.9 Å². The second-order valence-corrected chi connectivity index (χ2v) is 8.20. The molecule has 6 nitrogen and oxygen atoms in total. The van der Waals surface area contributed by atoms with Crippen LogP contribution in [0.15, 0.2) is 18.2 Å². The Balaban J connectivity index is 1.40. The van der Waals surface area contributed by atoms with E-state index in [1.807, 2.05) is 4.90 Å². The molecule has 1 aromatic carbocycles. The predicted octanol–water partition coefficient (Wildman–Crippen LogP) is 2.71. The largest absolute Gasteiger partial charge is 0.465 e. The van der Waals surface area contributed by atoms with Crippen molar-refractivity contribution in [2.45, 2.75) is 50.6 Å². The molecule has 2 saturated heterocycles. The summed E-state index contributed by atoms with van der Waals surface area (Å²) in [7, 11) is 0. The third-order valence-corrected chi connectivity index (χ3v) is 6.62. The van der Waals surface area contributed by atoms with Gasteiger partial charge in [-0.05, 0) is 56.4 Å². The molecule has 146 valence electrons. The molecular weight excluding hydrogens is 349 g/mol. The number of carbonyl (C=O) groups is 2. The van der Waals surface area contributed by atoms with Gasteiger partial charge < -0.3 is 14.9 Å². The summed E-state index contributed by atoms with van der Waals surface area (Å²) < 4.78 is 13.5. The van der Waals surface area contributed by atoms with Gasteiger partial charge in [0.2, 0.25) is 5.91 Å². The smallest absolute Gasteiger partial charge is 0.407 e. The summed E-state index contributed by atoms with van der Waals surface area (Å²) in [6.45, 7) is 5.18. The third-order valence-electron chi connectivity index (χ3n) is 6.62. The van der Waals surface area contributed by atoms with E-state index in [4.69, 9.17) is 5.11 Å². The number of hydrogen-bond donors (Lipinski definition) is 1. The predicted molar refractivity (Wildman–Crippen MR) is 99.4 cm³/mol. The monoisotopic (exact) mass is 375 g/mol. The van der Waals surface area contributed by atoms with Crippen LogP contribution in [0, 0.1) is 5.82 Å². The zero-order chi connectivity index (χ0) is 19.2. The Labute approximate surface area is 158 Å². The molecule has 7 heteroatoms. The van der Waals surface area contributed by atoms with Crippen LogP contribution in [0.1, 0.15) is 38.2 Å². The van der Waals surface area contributed by atoms with Crippen LogP contribution in [-0.2, 0) is 11.2 Å². The Kier molecular flexibility index (Phi) is 4.58. The lowest BCUT2D eigenvalue weighted by molar-refractivity contribution is -0.118. The lowest BCUT2D eigenvalue weighted by atomic mass is 9.85. The van der Waals surface area contributed by atoms with Crippen molar-refractivity contribution in [3.05, 3.63) is 29.6 Å². The number of halogens is 1. The number of carbonyl (C=O) groups excluding carboxylic acids is 1. The topological polar surface area (TPSA) is 64.1 Å². The van der Waals surface area contributed by atoms with E-state index in [9.17, 15) is 14.0 Å². The number of carboxylic acid groups (broad SMARTS) is 1. The molecule has 3 heterocycles. The molecule has 27 heavy (non-hydrogen) atoms. The van der Waals surface area contributed by atoms with Gasteiger partial charge in [0.05, 0.1) is 6.42 Å². The van der Waals surface area contributed by atoms with E-state index >= 15 is 0 Å². The van der Waals surface area contributed by atoms with Crippen LogP contribution < -0.4 is 4.90 Å². The number of benzene rings is 1. The first kappa shape index (κ1) is 18.2. The zero-order valence-electron chi connectivity index (χ0n) is 15.7. The highest BCUT2D eigenvalue weighted by atomic mass is 19.1. The number of piperidine rings is 2. The molecule has 1 N–H and O–H groups in total. The molecule has 0 bridgehead atoms. The van der Waals surface area contributed by atoms with Crippen molar-refractivity contribution >= 4 is 17.7 Å². The maximum atomic E-state index is 13.5. The molecular formula is C20H26FN3O3. The van der Waals surface area contributed by atoms with E-state index in [1.54, 1.807) is 6.07 Å². The molecule has 4 rings (SSSR count). The van der Waals surface area contributed by atoms with Gasteiger partial charge >= 0.3 is 6.09 Å². The Hall–Kier alpha value is -2.15. The molecule has 0 atom stereocenters. The minimum atomic E-state index is -0.835. The van der Waals surface area contributed by atoms with E-state index < -0.39 is 6.09 Å². The SMILES string of the molecule is CC1(N2CCC(N3C(=O)Cc4cc(F)ccc43)CC2)CCN(C(=O)O)CC1. The van der Waals surface area contributed by atoms with Crippen LogP contribution in [0.5, 0.6) is 0 Å². The summed E-state index contributed by atoms with van der Waals surface area (Å²) in [5.41, 5.74) is 1.67. The summed E-state index contributed by atoms with van der Waals surface area (Å²) in [4.78, 5) is 29.5. The molecule has 3 aliphatic heterocycles. The van der Waals surface area contributed by atoms with Gasteiger partial charge in [-0.2, -0.15) is 0 Å². The Bertz CT molecular complexity index is 753. The molecule has 0 saturated carbocycles. The first-order valence-electron chi connectivity index (χ1n) is 9.71. The van der Waals surface area contributed by atoms with Gasteiger partial charge in [-0.25, -0.2) is 9.18 Å². The van der Waals surface area contributed by atoms with Gasteiger partial charge in [-0.3, -0.25) is 9.69 Å². The van der Waals surface area contributed by atoms with E-state index in [0.29, 0.717) is 13.1 Å². The van der Waals surface area contributed by atoms with Crippen LogP contribution in [0.25, 0.3) is 0 Å². The molecule has 1 aromatic rings. The van der Waals surface area contributed by atoms with Crippen molar-refractivity contribution in [3.8, 4) is 0 Å². The fourth-order valence-corrected chi connectivity index (χ4v) is 4.87. The van der Waals surface area contributed by atoms with Gasteiger partial charge in [0.1, 0.15) is 5.82 Å². The van der Waals surface area contributed by atoms with Gasteiger partial charge in [0.15, 0.2) is 0 Å². The minimum Gasteiger partial charge on any atom is -0.465 e. The minimum absolute atomic E-state index is 0.0208. The normalized spacial score (nSPS) is 23.6. The molecule has 0 aromatic heterocycles. The van der Waals surface area contributed by atoms with Gasteiger partial charge in [-0.15, -0.1) is 0 Å². The maximum absolute atomic E-state index is 13.5. The van der Waals surface area contributed by atoms with Crippen molar-refractivity contribution in [2.24, 2.45) is 0 Å². The van der Waals surface area contributed by atoms with E-state index in [0.717, 1.165) is 50.0 Å². The molecule has 2 amide bonds. The molecule has 3 aliphatic rings. The number of fused-ring (bicyclic) bond motifs is 1. The summed E-state index contributed by atoms with van der Waals surface area (Å²) in [5.74, 6) is -0.228. The second kappa shape index (κ2) is 6.78. The number of likely N-dealkylation sites (tertiary alicyclic amines) is 2. The third kappa shape index (κ3) is 3.29. The van der Waals surface area contributed by atoms with Crippen molar-refractivity contribution in [3.63, 3.8) is 0 Å². The summed E-state index contributed by atoms with van der Waals surface area (Å²) in [6, 6.07) is 4.78. The molecule has 0 unspecified atom stereocenters. The summed E-state index contributed by atoms with van der Waals surface area (Å²) in [6.07, 6.45) is 2.92. The molecule has 0 radical (unpaired) electrons. The highest BCUT2D eigenvalue weighted by molar-refractivity contribution is 6.01. The Morgan fingerprint density at radius 2 is 1.85 bits per heavy atom. The number of rotatable bonds is 2. The zero-order valence-corrected chi connectivity index (χ0v) is 15.7. The summed E-state index contributed by atoms with van der Waals surface area (Å²) in [5, 5.41) is 9.15. The highest BCUT2D eigenvalue weighted by Crippen LogP contribution is 2.36. The first-order valence-corrected chi connectivity index (χ1v) is 9.71. The van der Waals surface area contributed by atoms with Crippen LogP contribution in [-0.4, -0.2) is 64.7 Å². The quantitative estimate of drug-likeness (QED) is 0.863. The fraction of sp³-hybridized carbons (Fsp3) is 0.600. The number of nitrogens with zero attached hydrogens (tertiary/aromatic N) is 3. The van der Waals surface area contributed by atoms with E-state index in [-0.39, 0.29) is 29.7 Å². The van der Waals surface area contributed by atoms with Crippen molar-refractivity contribution in [2.75, 3.05) is 31.1 Å². The Morgan fingerprint density at radius 3 is 2.48 bits per heavy atom. The first-order chi connectivity index (χ1) is 12.9. The van der Waals surface area contributed by atoms with E-state index in [1.165, 1.54) is 17.0 Å². The van der Waals surface area contributed by atoms with Crippen molar-refractivity contribution in [1.29, 1.82) is 0 Å². The van der Waals surface area contributed by atoms with E-state index in [2.05, 4.69) is 11.8 Å². The maximum Gasteiger partial charge on any atom is 0.407 e. The average Bonchev–Trinajstić information content (AvgIpc) is 2.97. The molecule has 0 aliphatic carbocycles. The van der Waals surface area contributed by atoms with Gasteiger partial charge in [0, 0.05) is 43.4 Å². The average molecular weight is 375 g/mol. The molecule has 2 fully saturated rings. The lowest BCUT2D eigenvalue weighted by Crippen LogP contribution is -2.58. The summed E-state index contributed by atoms with van der Waals surface area (Å²) >= 11 is 0. The number of anilines is 1. The molecule has 0 spiro atoms. The lowest BCUT2D eigenvalue weighted by Gasteiger charge is -2.49. The van der Waals surface area contributed by atoms with Crippen molar-refractivity contribution in [1.82, 2.24) is 9.80 Å².